The third-order valence-corrected chi connectivity index (χ3v) is 6.65. The molecule has 3 rings (SSSR count). The van der Waals surface area contributed by atoms with E-state index in [1.807, 2.05) is 43.3 Å². The van der Waals surface area contributed by atoms with E-state index in [-0.39, 0.29) is 12.3 Å². The van der Waals surface area contributed by atoms with Gasteiger partial charge in [0.15, 0.2) is 5.13 Å². The fourth-order valence-corrected chi connectivity index (χ4v) is 4.76. The summed E-state index contributed by atoms with van der Waals surface area (Å²) in [6, 6.07) is 11.4. The molecule has 0 saturated heterocycles. The number of rotatable bonds is 12. The van der Waals surface area contributed by atoms with E-state index in [4.69, 9.17) is 19.2 Å². The van der Waals surface area contributed by atoms with Gasteiger partial charge in [0.2, 0.25) is 5.91 Å². The Morgan fingerprint density at radius 2 is 1.61 bits per heavy atom. The highest BCUT2D eigenvalue weighted by Crippen LogP contribution is 2.40. The molecular weight excluding hydrogens is 438 g/mol. The molecule has 0 fully saturated rings. The lowest BCUT2D eigenvalue weighted by molar-refractivity contribution is -0.118. The first-order valence-corrected chi connectivity index (χ1v) is 12.1. The van der Waals surface area contributed by atoms with E-state index < -0.39 is 0 Å². The lowest BCUT2D eigenvalue weighted by Gasteiger charge is -2.24. The van der Waals surface area contributed by atoms with E-state index in [1.54, 1.807) is 19.1 Å². The molecule has 8 heteroatoms. The average Bonchev–Trinajstić information content (AvgIpc) is 3.27. The largest absolute Gasteiger partial charge is 0.495 e. The van der Waals surface area contributed by atoms with Crippen LogP contribution in [0.15, 0.2) is 36.4 Å². The number of amides is 1. The SMILES string of the molecule is CCOc1ccc(CC(=O)N(CCN(CC)CC)c2nc3c(OC)ccc(OC)c3s2)cc1. The van der Waals surface area contributed by atoms with Crippen molar-refractivity contribution in [3.8, 4) is 17.2 Å². The Labute approximate surface area is 199 Å². The minimum Gasteiger partial charge on any atom is -0.495 e. The average molecular weight is 472 g/mol. The highest BCUT2D eigenvalue weighted by Gasteiger charge is 2.23. The molecule has 0 aliphatic rings. The maximum absolute atomic E-state index is 13.5. The van der Waals surface area contributed by atoms with Crippen LogP contribution < -0.4 is 19.1 Å². The molecule has 2 aromatic carbocycles. The number of likely N-dealkylation sites (N-methyl/N-ethyl adjacent to an activating group) is 1. The Balaban J connectivity index is 1.92. The number of carbonyl (C=O) groups is 1. The molecule has 1 amide bonds. The predicted molar refractivity (Wildman–Crippen MR) is 134 cm³/mol. The molecule has 7 nitrogen and oxygen atoms in total. The van der Waals surface area contributed by atoms with Crippen molar-refractivity contribution in [1.29, 1.82) is 0 Å². The number of thiazole rings is 1. The maximum atomic E-state index is 13.5. The third kappa shape index (κ3) is 5.94. The first-order chi connectivity index (χ1) is 16.0. The van der Waals surface area contributed by atoms with Crippen molar-refractivity contribution in [3.63, 3.8) is 0 Å². The molecule has 0 saturated carbocycles. The van der Waals surface area contributed by atoms with Gasteiger partial charge in [0.1, 0.15) is 27.5 Å². The summed E-state index contributed by atoms with van der Waals surface area (Å²) >= 11 is 1.45. The first kappa shape index (κ1) is 24.8. The molecule has 3 aromatic rings. The molecule has 0 unspecified atom stereocenters. The van der Waals surface area contributed by atoms with E-state index in [2.05, 4.69) is 18.7 Å². The smallest absolute Gasteiger partial charge is 0.233 e. The molecule has 0 radical (unpaired) electrons. The van der Waals surface area contributed by atoms with Crippen LogP contribution in [0.5, 0.6) is 17.2 Å². The lowest BCUT2D eigenvalue weighted by atomic mass is 10.1. The van der Waals surface area contributed by atoms with Crippen LogP contribution in [0, 0.1) is 0 Å². The molecule has 0 aliphatic heterocycles. The van der Waals surface area contributed by atoms with E-state index in [1.165, 1.54) is 11.3 Å². The van der Waals surface area contributed by atoms with Crippen LogP contribution in [-0.2, 0) is 11.2 Å². The standard InChI is InChI=1S/C25H33N3O4S/c1-6-27(7-2)15-16-28(22(29)17-18-9-11-19(12-10-18)32-8-3)25-26-23-20(30-4)13-14-21(31-5)24(23)33-25/h9-14H,6-8,15-17H2,1-5H3. The van der Waals surface area contributed by atoms with Gasteiger partial charge in [0, 0.05) is 13.1 Å². The Morgan fingerprint density at radius 3 is 2.21 bits per heavy atom. The lowest BCUT2D eigenvalue weighted by Crippen LogP contribution is -2.39. The summed E-state index contributed by atoms with van der Waals surface area (Å²) in [4.78, 5) is 22.4. The van der Waals surface area contributed by atoms with Gasteiger partial charge in [-0.3, -0.25) is 9.69 Å². The van der Waals surface area contributed by atoms with Crippen molar-refractivity contribution in [3.05, 3.63) is 42.0 Å². The van der Waals surface area contributed by atoms with Gasteiger partial charge in [-0.2, -0.15) is 0 Å². The summed E-state index contributed by atoms with van der Waals surface area (Å²) in [7, 11) is 3.26. The van der Waals surface area contributed by atoms with Crippen LogP contribution in [0.4, 0.5) is 5.13 Å². The van der Waals surface area contributed by atoms with Gasteiger partial charge in [-0.1, -0.05) is 37.3 Å². The molecule has 1 aromatic heterocycles. The Hall–Kier alpha value is -2.84. The van der Waals surface area contributed by atoms with Crippen molar-refractivity contribution < 1.29 is 19.0 Å². The summed E-state index contributed by atoms with van der Waals surface area (Å²) in [5.41, 5.74) is 1.64. The topological polar surface area (TPSA) is 64.1 Å². The van der Waals surface area contributed by atoms with Gasteiger partial charge in [-0.05, 0) is 49.8 Å². The minimum absolute atomic E-state index is 0.00306. The van der Waals surface area contributed by atoms with E-state index in [0.29, 0.717) is 29.5 Å². The summed E-state index contributed by atoms with van der Waals surface area (Å²) in [6.45, 7) is 10.0. The van der Waals surface area contributed by atoms with Crippen LogP contribution in [-0.4, -0.2) is 62.8 Å². The van der Waals surface area contributed by atoms with Gasteiger partial charge in [0.25, 0.3) is 0 Å². The fourth-order valence-electron chi connectivity index (χ4n) is 3.64. The summed E-state index contributed by atoms with van der Waals surface area (Å²) in [6.07, 6.45) is 0.287. The van der Waals surface area contributed by atoms with Crippen LogP contribution in [0.3, 0.4) is 0 Å². The second kappa shape index (κ2) is 11.9. The van der Waals surface area contributed by atoms with Gasteiger partial charge >= 0.3 is 0 Å². The summed E-state index contributed by atoms with van der Waals surface area (Å²) in [5.74, 6) is 2.19. The number of aromatic nitrogens is 1. The zero-order valence-corrected chi connectivity index (χ0v) is 20.9. The number of hydrogen-bond donors (Lipinski definition) is 0. The Morgan fingerprint density at radius 1 is 0.939 bits per heavy atom. The van der Waals surface area contributed by atoms with Crippen LogP contribution in [0.2, 0.25) is 0 Å². The number of benzene rings is 2. The van der Waals surface area contributed by atoms with Gasteiger partial charge < -0.3 is 19.1 Å². The minimum atomic E-state index is 0.00306. The number of anilines is 1. The van der Waals surface area contributed by atoms with Crippen LogP contribution >= 0.6 is 11.3 Å². The van der Waals surface area contributed by atoms with Crippen LogP contribution in [0.25, 0.3) is 10.2 Å². The maximum Gasteiger partial charge on any atom is 0.233 e. The molecule has 33 heavy (non-hydrogen) atoms. The number of ether oxygens (including phenoxy) is 3. The van der Waals surface area contributed by atoms with E-state index >= 15 is 0 Å². The Bertz CT molecular complexity index is 1010. The monoisotopic (exact) mass is 471 g/mol. The van der Waals surface area contributed by atoms with Crippen molar-refractivity contribution >= 4 is 32.6 Å². The molecule has 1 heterocycles. The first-order valence-electron chi connectivity index (χ1n) is 11.3. The fraction of sp³-hybridized carbons (Fsp3) is 0.440. The second-order valence-electron chi connectivity index (χ2n) is 7.47. The van der Waals surface area contributed by atoms with E-state index in [0.717, 1.165) is 41.4 Å². The number of hydrogen-bond acceptors (Lipinski definition) is 7. The second-order valence-corrected chi connectivity index (χ2v) is 8.45. The normalized spacial score (nSPS) is 11.1. The van der Waals surface area contributed by atoms with Crippen molar-refractivity contribution in [1.82, 2.24) is 9.88 Å². The number of fused-ring (bicyclic) bond motifs is 1. The molecule has 0 N–H and O–H groups in total. The molecule has 178 valence electrons. The molecule has 0 bridgehead atoms. The Kier molecular flexibility index (Phi) is 8.91. The van der Waals surface area contributed by atoms with Gasteiger partial charge in [-0.25, -0.2) is 4.98 Å². The highest BCUT2D eigenvalue weighted by molar-refractivity contribution is 7.22. The molecule has 0 spiro atoms. The number of methoxy groups -OCH3 is 2. The van der Waals surface area contributed by atoms with Crippen molar-refractivity contribution in [2.75, 3.05) is 51.9 Å². The number of carbonyl (C=O) groups excluding carboxylic acids is 1. The van der Waals surface area contributed by atoms with Gasteiger partial charge in [0.05, 0.1) is 27.2 Å². The zero-order chi connectivity index (χ0) is 23.8. The zero-order valence-electron chi connectivity index (χ0n) is 20.1. The quantitative estimate of drug-likeness (QED) is 0.384. The highest BCUT2D eigenvalue weighted by atomic mass is 32.1. The predicted octanol–water partition coefficient (Wildman–Crippen LogP) is 4.63. The molecule has 0 aliphatic carbocycles. The molecule has 0 atom stereocenters. The third-order valence-electron chi connectivity index (χ3n) is 5.55. The van der Waals surface area contributed by atoms with Gasteiger partial charge in [-0.15, -0.1) is 0 Å². The van der Waals surface area contributed by atoms with Crippen LogP contribution in [0.1, 0.15) is 26.3 Å². The van der Waals surface area contributed by atoms with Crippen molar-refractivity contribution in [2.24, 2.45) is 0 Å². The van der Waals surface area contributed by atoms with E-state index in [9.17, 15) is 4.79 Å². The van der Waals surface area contributed by atoms with Crippen molar-refractivity contribution in [2.45, 2.75) is 27.2 Å². The summed E-state index contributed by atoms with van der Waals surface area (Å²) in [5, 5.41) is 0.649. The molecular formula is C25H33N3O4S. The summed E-state index contributed by atoms with van der Waals surface area (Å²) < 4.78 is 17.4. The number of nitrogens with zero attached hydrogens (tertiary/aromatic N) is 3.